The summed E-state index contributed by atoms with van der Waals surface area (Å²) in [6, 6.07) is 17.8. The molecule has 0 heterocycles. The molecule has 37 heavy (non-hydrogen) atoms. The van der Waals surface area contributed by atoms with Crippen LogP contribution in [-0.2, 0) is 0 Å². The summed E-state index contributed by atoms with van der Waals surface area (Å²) in [6.45, 7) is 5.15. The number of nitriles is 1. The van der Waals surface area contributed by atoms with Gasteiger partial charge in [-0.3, -0.25) is 0 Å². The molecule has 1 aliphatic carbocycles. The normalized spacial score (nSPS) is 19.2. The van der Waals surface area contributed by atoms with E-state index in [0.29, 0.717) is 23.8 Å². The number of hydrogen-bond acceptors (Lipinski definition) is 4. The zero-order valence-electron chi connectivity index (χ0n) is 23.0. The highest BCUT2D eigenvalue weighted by atomic mass is 16.5. The number of nitrogens with zero attached hydrogens (tertiary/aromatic N) is 1. The van der Waals surface area contributed by atoms with Crippen molar-refractivity contribution in [2.75, 3.05) is 6.61 Å². The van der Waals surface area contributed by atoms with Crippen LogP contribution in [0.2, 0.25) is 0 Å². The van der Waals surface area contributed by atoms with Crippen LogP contribution in [0.4, 0.5) is 0 Å². The molecule has 2 aromatic carbocycles. The maximum absolute atomic E-state index is 12.6. The lowest BCUT2D eigenvalue weighted by atomic mass is 9.67. The summed E-state index contributed by atoms with van der Waals surface area (Å²) >= 11 is 0. The van der Waals surface area contributed by atoms with Crippen molar-refractivity contribution in [3.8, 4) is 17.6 Å². The lowest BCUT2D eigenvalue weighted by Crippen LogP contribution is -2.25. The Bertz CT molecular complexity index is 966. The number of ether oxygens (including phenoxy) is 2. The third-order valence-electron chi connectivity index (χ3n) is 7.86. The van der Waals surface area contributed by atoms with Crippen LogP contribution in [0.1, 0.15) is 126 Å². The van der Waals surface area contributed by atoms with E-state index in [-0.39, 0.29) is 11.4 Å². The second-order valence-electron chi connectivity index (χ2n) is 10.7. The minimum atomic E-state index is -0.362. The zero-order valence-corrected chi connectivity index (χ0v) is 23.0. The first-order chi connectivity index (χ1) is 18.1. The van der Waals surface area contributed by atoms with Gasteiger partial charge in [0.15, 0.2) is 0 Å². The number of hydrogen-bond donors (Lipinski definition) is 0. The van der Waals surface area contributed by atoms with E-state index in [2.05, 4.69) is 32.0 Å². The van der Waals surface area contributed by atoms with Crippen molar-refractivity contribution in [3.05, 3.63) is 59.7 Å². The monoisotopic (exact) mass is 503 g/mol. The number of rotatable bonds is 15. The van der Waals surface area contributed by atoms with E-state index in [1.807, 2.05) is 24.3 Å². The van der Waals surface area contributed by atoms with Gasteiger partial charge in [0.1, 0.15) is 11.5 Å². The number of unbranched alkanes of at least 4 members (excludes halogenated alkanes) is 7. The minimum Gasteiger partial charge on any atom is -0.494 e. The Morgan fingerprint density at radius 3 is 2.08 bits per heavy atom. The Balaban J connectivity index is 1.42. The first kappa shape index (κ1) is 28.8. The molecule has 3 rings (SSSR count). The molecule has 0 unspecified atom stereocenters. The van der Waals surface area contributed by atoms with Crippen LogP contribution >= 0.6 is 0 Å². The highest BCUT2D eigenvalue weighted by Gasteiger charge is 2.35. The van der Waals surface area contributed by atoms with Crippen LogP contribution in [0.3, 0.4) is 0 Å². The average Bonchev–Trinajstić information content (AvgIpc) is 2.94. The van der Waals surface area contributed by atoms with Gasteiger partial charge >= 0.3 is 5.97 Å². The molecule has 1 aliphatic rings. The summed E-state index contributed by atoms with van der Waals surface area (Å²) in [5, 5.41) is 9.80. The van der Waals surface area contributed by atoms with Crippen molar-refractivity contribution in [1.82, 2.24) is 0 Å². The van der Waals surface area contributed by atoms with E-state index in [4.69, 9.17) is 9.47 Å². The lowest BCUT2D eigenvalue weighted by molar-refractivity contribution is 0.0734. The fourth-order valence-corrected chi connectivity index (χ4v) is 5.37. The summed E-state index contributed by atoms with van der Waals surface area (Å²) in [7, 11) is 0. The van der Waals surface area contributed by atoms with Gasteiger partial charge in [0.05, 0.1) is 23.7 Å². The van der Waals surface area contributed by atoms with Crippen LogP contribution in [0.25, 0.3) is 0 Å². The van der Waals surface area contributed by atoms with Gasteiger partial charge in [-0.25, -0.2) is 4.79 Å². The molecule has 0 aliphatic heterocycles. The number of carbonyl (C=O) groups excluding carboxylic acids is 1. The maximum atomic E-state index is 12.6. The summed E-state index contributed by atoms with van der Waals surface area (Å²) in [4.78, 5) is 12.6. The van der Waals surface area contributed by atoms with Crippen LogP contribution in [-0.4, -0.2) is 12.6 Å². The summed E-state index contributed by atoms with van der Waals surface area (Å²) in [6.07, 6.45) is 16.1. The van der Waals surface area contributed by atoms with E-state index in [9.17, 15) is 10.1 Å². The van der Waals surface area contributed by atoms with E-state index >= 15 is 0 Å². The van der Waals surface area contributed by atoms with Crippen molar-refractivity contribution in [2.45, 2.75) is 110 Å². The van der Waals surface area contributed by atoms with Gasteiger partial charge in [0.25, 0.3) is 0 Å². The van der Waals surface area contributed by atoms with Gasteiger partial charge in [-0.1, -0.05) is 77.3 Å². The molecule has 0 radical (unpaired) electrons. The summed E-state index contributed by atoms with van der Waals surface area (Å²) < 4.78 is 11.4. The van der Waals surface area contributed by atoms with E-state index < -0.39 is 0 Å². The van der Waals surface area contributed by atoms with Gasteiger partial charge in [-0.15, -0.1) is 0 Å². The van der Waals surface area contributed by atoms with Gasteiger partial charge in [0.2, 0.25) is 0 Å². The van der Waals surface area contributed by atoms with E-state index in [1.54, 1.807) is 12.1 Å². The molecule has 4 nitrogen and oxygen atoms in total. The molecule has 2 aromatic rings. The Morgan fingerprint density at radius 1 is 0.838 bits per heavy atom. The molecule has 4 heteroatoms. The number of carbonyl (C=O) groups is 1. The summed E-state index contributed by atoms with van der Waals surface area (Å²) in [5.74, 6) is 1.45. The molecule has 0 spiro atoms. The quantitative estimate of drug-likeness (QED) is 0.138. The third kappa shape index (κ3) is 9.22. The predicted octanol–water partition coefficient (Wildman–Crippen LogP) is 9.39. The zero-order chi connectivity index (χ0) is 26.3. The molecule has 0 N–H and O–H groups in total. The largest absolute Gasteiger partial charge is 0.494 e. The smallest absolute Gasteiger partial charge is 0.343 e. The minimum absolute atomic E-state index is 0.129. The van der Waals surface area contributed by atoms with Crippen LogP contribution in [0.5, 0.6) is 11.5 Å². The molecule has 0 saturated heterocycles. The number of benzene rings is 2. The molecule has 0 aromatic heterocycles. The van der Waals surface area contributed by atoms with Crippen LogP contribution in [0, 0.1) is 16.7 Å². The van der Waals surface area contributed by atoms with Crippen molar-refractivity contribution in [1.29, 1.82) is 5.26 Å². The van der Waals surface area contributed by atoms with Gasteiger partial charge < -0.3 is 9.47 Å². The molecule has 200 valence electrons. The first-order valence-corrected chi connectivity index (χ1v) is 14.6. The fourth-order valence-electron chi connectivity index (χ4n) is 5.37. The van der Waals surface area contributed by atoms with Crippen LogP contribution in [0.15, 0.2) is 48.5 Å². The van der Waals surface area contributed by atoms with Crippen LogP contribution < -0.4 is 9.47 Å². The molecule has 0 amide bonds. The molecular formula is C33H45NO3. The predicted molar refractivity (Wildman–Crippen MR) is 150 cm³/mol. The third-order valence-corrected chi connectivity index (χ3v) is 7.86. The van der Waals surface area contributed by atoms with E-state index in [0.717, 1.165) is 50.7 Å². The average molecular weight is 504 g/mol. The Morgan fingerprint density at radius 2 is 1.43 bits per heavy atom. The SMILES string of the molecule is CCCCCCCCOc1ccc(C(=O)Oc2ccc([C@H]3CC[C@@](C#N)(CCCCC)CC3)cc2)cc1. The maximum Gasteiger partial charge on any atom is 0.343 e. The van der Waals surface area contributed by atoms with Crippen molar-refractivity contribution < 1.29 is 14.3 Å². The van der Waals surface area contributed by atoms with E-state index in [1.165, 1.54) is 50.5 Å². The Hall–Kier alpha value is -2.80. The Kier molecular flexibility index (Phi) is 12.0. The van der Waals surface area contributed by atoms with Gasteiger partial charge in [-0.05, 0) is 86.4 Å². The van der Waals surface area contributed by atoms with Crippen molar-refractivity contribution in [2.24, 2.45) is 5.41 Å². The van der Waals surface area contributed by atoms with Crippen molar-refractivity contribution >= 4 is 5.97 Å². The number of esters is 1. The highest BCUT2D eigenvalue weighted by Crippen LogP contribution is 2.45. The Labute approximate surface area is 224 Å². The molecule has 0 atom stereocenters. The topological polar surface area (TPSA) is 59.3 Å². The summed E-state index contributed by atoms with van der Waals surface area (Å²) in [5.41, 5.74) is 1.65. The molecule has 1 saturated carbocycles. The second-order valence-corrected chi connectivity index (χ2v) is 10.7. The first-order valence-electron chi connectivity index (χ1n) is 14.6. The van der Waals surface area contributed by atoms with Gasteiger partial charge in [0, 0.05) is 0 Å². The van der Waals surface area contributed by atoms with Crippen molar-refractivity contribution in [3.63, 3.8) is 0 Å². The second kappa shape index (κ2) is 15.5. The van der Waals surface area contributed by atoms with Gasteiger partial charge in [-0.2, -0.15) is 5.26 Å². The highest BCUT2D eigenvalue weighted by molar-refractivity contribution is 5.91. The molecule has 1 fully saturated rings. The molecular weight excluding hydrogens is 458 g/mol. The standard InChI is InChI=1S/C33H45NO3/c1-3-5-7-8-9-11-25-36-30-16-14-29(15-17-30)32(35)37-31-18-12-27(13-19-31)28-20-23-33(26-34,24-21-28)22-10-6-4-2/h12-19,28H,3-11,20-25H2,1-2H3/t28-,33-. The molecule has 0 bridgehead atoms. The lowest BCUT2D eigenvalue weighted by Gasteiger charge is -2.35. The fraction of sp³-hybridized carbons (Fsp3) is 0.576.